The first kappa shape index (κ1) is 11.4. The first-order chi connectivity index (χ1) is 6.43. The Balaban J connectivity index is 2.66. The molecule has 5 heteroatoms. The van der Waals surface area contributed by atoms with Gasteiger partial charge in [-0.1, -0.05) is 18.3 Å². The van der Waals surface area contributed by atoms with Gasteiger partial charge in [0.25, 0.3) is 0 Å². The molecule has 1 aromatic rings. The van der Waals surface area contributed by atoms with E-state index in [2.05, 4.69) is 42.8 Å². The molecule has 0 aliphatic rings. The molecule has 0 bridgehead atoms. The van der Waals surface area contributed by atoms with Crippen molar-refractivity contribution in [2.75, 3.05) is 12.3 Å². The third-order valence-corrected chi connectivity index (χ3v) is 2.88. The minimum Gasteiger partial charge on any atom is -0.374 e. The van der Waals surface area contributed by atoms with E-state index in [1.807, 2.05) is 0 Å². The fourth-order valence-electron chi connectivity index (χ4n) is 1.32. The van der Waals surface area contributed by atoms with Gasteiger partial charge in [0.2, 0.25) is 5.13 Å². The van der Waals surface area contributed by atoms with Crippen LogP contribution in [0.25, 0.3) is 0 Å². The molecule has 80 valence electrons. The zero-order valence-corrected chi connectivity index (χ0v) is 10.1. The monoisotopic (exact) mass is 214 g/mol. The fourth-order valence-corrected chi connectivity index (χ4v) is 1.94. The van der Waals surface area contributed by atoms with E-state index in [9.17, 15) is 0 Å². The largest absolute Gasteiger partial charge is 0.374 e. The average Bonchev–Trinajstić information content (AvgIpc) is 2.45. The smallest absolute Gasteiger partial charge is 0.203 e. The molecule has 2 N–H and O–H groups in total. The van der Waals surface area contributed by atoms with Crippen LogP contribution >= 0.6 is 11.3 Å². The summed E-state index contributed by atoms with van der Waals surface area (Å²) in [5.41, 5.74) is 5.69. The van der Waals surface area contributed by atoms with Crippen LogP contribution in [0.4, 0.5) is 5.13 Å². The number of nitrogens with two attached hydrogens (primary N) is 1. The molecule has 0 aliphatic heterocycles. The Labute approximate surface area is 89.1 Å². The van der Waals surface area contributed by atoms with Gasteiger partial charge in [-0.05, 0) is 27.3 Å². The summed E-state index contributed by atoms with van der Waals surface area (Å²) in [5, 5.41) is 9.36. The van der Waals surface area contributed by atoms with Crippen molar-refractivity contribution in [1.29, 1.82) is 0 Å². The molecular weight excluding hydrogens is 196 g/mol. The number of nitrogen functional groups attached to an aromatic ring is 1. The van der Waals surface area contributed by atoms with Gasteiger partial charge in [-0.15, -0.1) is 10.2 Å². The van der Waals surface area contributed by atoms with Crippen LogP contribution in [0.5, 0.6) is 0 Å². The first-order valence-corrected chi connectivity index (χ1v) is 5.58. The molecule has 0 unspecified atom stereocenters. The molecule has 0 atom stereocenters. The molecular formula is C9H18N4S. The minimum absolute atomic E-state index is 0.162. The van der Waals surface area contributed by atoms with Gasteiger partial charge >= 0.3 is 0 Å². The molecule has 0 aliphatic carbocycles. The molecule has 0 fully saturated rings. The molecule has 1 aromatic heterocycles. The van der Waals surface area contributed by atoms with Gasteiger partial charge in [-0.25, -0.2) is 0 Å². The van der Waals surface area contributed by atoms with Gasteiger partial charge in [0.05, 0.1) is 6.54 Å². The second-order valence-corrected chi connectivity index (χ2v) is 5.31. The van der Waals surface area contributed by atoms with E-state index in [0.29, 0.717) is 5.13 Å². The molecule has 0 spiro atoms. The minimum atomic E-state index is 0.162. The van der Waals surface area contributed by atoms with E-state index in [4.69, 9.17) is 5.73 Å². The van der Waals surface area contributed by atoms with Gasteiger partial charge in [-0.3, -0.25) is 4.90 Å². The summed E-state index contributed by atoms with van der Waals surface area (Å²) in [6, 6.07) is 0. The Morgan fingerprint density at radius 2 is 2.00 bits per heavy atom. The molecule has 0 amide bonds. The molecule has 0 aromatic carbocycles. The quantitative estimate of drug-likeness (QED) is 0.832. The zero-order valence-electron chi connectivity index (χ0n) is 9.24. The number of rotatable bonds is 3. The van der Waals surface area contributed by atoms with E-state index in [1.54, 1.807) is 0 Å². The Bertz CT molecular complexity index is 289. The Morgan fingerprint density at radius 3 is 2.36 bits per heavy atom. The average molecular weight is 214 g/mol. The number of hydrogen-bond acceptors (Lipinski definition) is 5. The maximum Gasteiger partial charge on any atom is 0.203 e. The van der Waals surface area contributed by atoms with Crippen molar-refractivity contribution in [3.05, 3.63) is 5.01 Å². The van der Waals surface area contributed by atoms with Crippen LogP contribution in [0.15, 0.2) is 0 Å². The highest BCUT2D eigenvalue weighted by molar-refractivity contribution is 7.15. The van der Waals surface area contributed by atoms with Crippen molar-refractivity contribution in [2.45, 2.75) is 39.8 Å². The molecule has 1 heterocycles. The Hall–Kier alpha value is -0.680. The maximum atomic E-state index is 5.53. The van der Waals surface area contributed by atoms with E-state index < -0.39 is 0 Å². The second kappa shape index (κ2) is 4.23. The first-order valence-electron chi connectivity index (χ1n) is 4.76. The van der Waals surface area contributed by atoms with Gasteiger partial charge in [-0.2, -0.15) is 0 Å². The summed E-state index contributed by atoms with van der Waals surface area (Å²) in [6.45, 7) is 10.6. The van der Waals surface area contributed by atoms with Crippen LogP contribution in [0.2, 0.25) is 0 Å². The fraction of sp³-hybridized carbons (Fsp3) is 0.778. The van der Waals surface area contributed by atoms with Crippen LogP contribution in [0.1, 0.15) is 32.7 Å². The lowest BCUT2D eigenvalue weighted by Gasteiger charge is -2.33. The van der Waals surface area contributed by atoms with Crippen LogP contribution in [-0.2, 0) is 6.54 Å². The van der Waals surface area contributed by atoms with E-state index in [-0.39, 0.29) is 5.54 Å². The Morgan fingerprint density at radius 1 is 1.36 bits per heavy atom. The predicted molar refractivity (Wildman–Crippen MR) is 60.2 cm³/mol. The van der Waals surface area contributed by atoms with Crippen molar-refractivity contribution >= 4 is 16.5 Å². The van der Waals surface area contributed by atoms with Crippen LogP contribution < -0.4 is 5.73 Å². The normalized spacial score (nSPS) is 12.4. The van der Waals surface area contributed by atoms with Gasteiger partial charge < -0.3 is 5.73 Å². The van der Waals surface area contributed by atoms with Crippen molar-refractivity contribution in [3.63, 3.8) is 0 Å². The summed E-state index contributed by atoms with van der Waals surface area (Å²) >= 11 is 1.46. The molecule has 1 rings (SSSR count). The SMILES string of the molecule is CCN(Cc1nnc(N)s1)C(C)(C)C. The van der Waals surface area contributed by atoms with Crippen molar-refractivity contribution in [1.82, 2.24) is 15.1 Å². The van der Waals surface area contributed by atoms with Crippen molar-refractivity contribution < 1.29 is 0 Å². The predicted octanol–water partition coefficient (Wildman–Crippen LogP) is 1.74. The lowest BCUT2D eigenvalue weighted by atomic mass is 10.1. The van der Waals surface area contributed by atoms with Gasteiger partial charge in [0, 0.05) is 5.54 Å². The number of aromatic nitrogens is 2. The molecule has 14 heavy (non-hydrogen) atoms. The molecule has 0 radical (unpaired) electrons. The highest BCUT2D eigenvalue weighted by atomic mass is 32.1. The van der Waals surface area contributed by atoms with Gasteiger partial charge in [0.15, 0.2) is 0 Å². The maximum absolute atomic E-state index is 5.53. The topological polar surface area (TPSA) is 55.0 Å². The number of nitrogens with zero attached hydrogens (tertiary/aromatic N) is 3. The third kappa shape index (κ3) is 2.92. The van der Waals surface area contributed by atoms with E-state index >= 15 is 0 Å². The van der Waals surface area contributed by atoms with Crippen LogP contribution in [0, 0.1) is 0 Å². The molecule has 0 saturated heterocycles. The summed E-state index contributed by atoms with van der Waals surface area (Å²) in [6.07, 6.45) is 0. The highest BCUT2D eigenvalue weighted by Crippen LogP contribution is 2.19. The lowest BCUT2D eigenvalue weighted by molar-refractivity contribution is 0.135. The summed E-state index contributed by atoms with van der Waals surface area (Å²) < 4.78 is 0. The van der Waals surface area contributed by atoms with Crippen LogP contribution in [-0.4, -0.2) is 27.2 Å². The number of anilines is 1. The summed E-state index contributed by atoms with van der Waals surface area (Å²) in [7, 11) is 0. The standard InChI is InChI=1S/C9H18N4S/c1-5-13(9(2,3)4)6-7-11-12-8(10)14-7/h5-6H2,1-4H3,(H2,10,12). The second-order valence-electron chi connectivity index (χ2n) is 4.22. The van der Waals surface area contributed by atoms with Crippen molar-refractivity contribution in [3.8, 4) is 0 Å². The van der Waals surface area contributed by atoms with Crippen molar-refractivity contribution in [2.24, 2.45) is 0 Å². The van der Waals surface area contributed by atoms with Gasteiger partial charge in [0.1, 0.15) is 5.01 Å². The van der Waals surface area contributed by atoms with Crippen LogP contribution in [0.3, 0.4) is 0 Å². The molecule has 0 saturated carbocycles. The highest BCUT2D eigenvalue weighted by Gasteiger charge is 2.20. The molecule has 4 nitrogen and oxygen atoms in total. The Kier molecular flexibility index (Phi) is 3.44. The summed E-state index contributed by atoms with van der Waals surface area (Å²) in [5.74, 6) is 0. The number of hydrogen-bond donors (Lipinski definition) is 1. The zero-order chi connectivity index (χ0) is 10.8. The van der Waals surface area contributed by atoms with E-state index in [0.717, 1.165) is 18.1 Å². The third-order valence-electron chi connectivity index (χ3n) is 2.14. The summed E-state index contributed by atoms with van der Waals surface area (Å²) in [4.78, 5) is 2.34. The van der Waals surface area contributed by atoms with E-state index in [1.165, 1.54) is 11.3 Å². The lowest BCUT2D eigenvalue weighted by Crippen LogP contribution is -2.40.